The molecule has 5 heteroatoms. The van der Waals surface area contributed by atoms with Crippen molar-refractivity contribution >= 4 is 5.69 Å². The summed E-state index contributed by atoms with van der Waals surface area (Å²) >= 11 is 0. The molecule has 0 spiro atoms. The lowest BCUT2D eigenvalue weighted by Gasteiger charge is -2.09. The van der Waals surface area contributed by atoms with Crippen molar-refractivity contribution in [2.24, 2.45) is 0 Å². The molecule has 0 aliphatic carbocycles. The molecule has 86 valence electrons. The smallest absolute Gasteiger partial charge is 0.275 e. The molecule has 0 atom stereocenters. The van der Waals surface area contributed by atoms with Crippen molar-refractivity contribution in [3.63, 3.8) is 0 Å². The summed E-state index contributed by atoms with van der Waals surface area (Å²) in [5.41, 5.74) is 0.830. The third kappa shape index (κ3) is 2.38. The maximum Gasteiger partial charge on any atom is 0.275 e. The number of nitro groups is 1. The summed E-state index contributed by atoms with van der Waals surface area (Å²) < 4.78 is 5.09. The van der Waals surface area contributed by atoms with E-state index in [0.717, 1.165) is 0 Å². The molecule has 16 heavy (non-hydrogen) atoms. The molecular formula is C11H13NO4. The van der Waals surface area contributed by atoms with Gasteiger partial charge in [-0.15, -0.1) is 6.58 Å². The van der Waals surface area contributed by atoms with Crippen LogP contribution < -0.4 is 4.74 Å². The molecule has 0 amide bonds. The van der Waals surface area contributed by atoms with Gasteiger partial charge in [0.05, 0.1) is 24.2 Å². The van der Waals surface area contributed by atoms with E-state index < -0.39 is 4.92 Å². The number of allylic oxidation sites excluding steroid dienone is 1. The molecule has 5 nitrogen and oxygen atoms in total. The van der Waals surface area contributed by atoms with Crippen LogP contribution in [-0.4, -0.2) is 17.1 Å². The number of ether oxygens (including phenoxy) is 1. The van der Waals surface area contributed by atoms with Crippen LogP contribution in [0.1, 0.15) is 11.1 Å². The van der Waals surface area contributed by atoms with Crippen LogP contribution in [0.4, 0.5) is 5.69 Å². The number of hydrogen-bond donors (Lipinski definition) is 1. The van der Waals surface area contributed by atoms with Crippen molar-refractivity contribution in [2.75, 3.05) is 7.11 Å². The van der Waals surface area contributed by atoms with E-state index in [0.29, 0.717) is 17.7 Å². The molecular weight excluding hydrogens is 210 g/mol. The highest BCUT2D eigenvalue weighted by molar-refractivity contribution is 5.50. The molecule has 0 saturated heterocycles. The Bertz CT molecular complexity index is 415. The predicted molar refractivity (Wildman–Crippen MR) is 59.5 cm³/mol. The Morgan fingerprint density at radius 1 is 1.56 bits per heavy atom. The summed E-state index contributed by atoms with van der Waals surface area (Å²) in [4.78, 5) is 10.2. The Balaban J connectivity index is 3.33. The number of benzene rings is 1. The van der Waals surface area contributed by atoms with Crippen molar-refractivity contribution < 1.29 is 14.8 Å². The van der Waals surface area contributed by atoms with Gasteiger partial charge in [0.15, 0.2) is 0 Å². The first kappa shape index (κ1) is 12.2. The maximum absolute atomic E-state index is 10.8. The Morgan fingerprint density at radius 3 is 2.69 bits per heavy atom. The average molecular weight is 223 g/mol. The third-order valence-corrected chi connectivity index (χ3v) is 2.21. The summed E-state index contributed by atoms with van der Waals surface area (Å²) in [6.45, 7) is 3.19. The lowest BCUT2D eigenvalue weighted by Crippen LogP contribution is -2.00. The highest BCUT2D eigenvalue weighted by Gasteiger charge is 2.17. The van der Waals surface area contributed by atoms with Gasteiger partial charge >= 0.3 is 0 Å². The van der Waals surface area contributed by atoms with Crippen LogP contribution in [0, 0.1) is 10.1 Å². The van der Waals surface area contributed by atoms with E-state index >= 15 is 0 Å². The van der Waals surface area contributed by atoms with Gasteiger partial charge in [-0.3, -0.25) is 10.1 Å². The molecule has 1 aromatic carbocycles. The topological polar surface area (TPSA) is 72.6 Å². The fraction of sp³-hybridized carbons (Fsp3) is 0.273. The average Bonchev–Trinajstić information content (AvgIpc) is 2.28. The summed E-state index contributed by atoms with van der Waals surface area (Å²) in [7, 11) is 1.48. The van der Waals surface area contributed by atoms with Gasteiger partial charge in [0.25, 0.3) is 5.69 Å². The lowest BCUT2D eigenvalue weighted by molar-refractivity contribution is -0.385. The molecule has 0 bridgehead atoms. The minimum absolute atomic E-state index is 0.0971. The van der Waals surface area contributed by atoms with Crippen LogP contribution in [0.5, 0.6) is 5.75 Å². The van der Waals surface area contributed by atoms with E-state index in [1.807, 2.05) is 0 Å². The van der Waals surface area contributed by atoms with Crippen LogP contribution in [-0.2, 0) is 13.0 Å². The number of methoxy groups -OCH3 is 1. The molecule has 1 aromatic rings. The first-order valence-electron chi connectivity index (χ1n) is 4.70. The van der Waals surface area contributed by atoms with E-state index in [-0.39, 0.29) is 17.9 Å². The second-order valence-electron chi connectivity index (χ2n) is 3.20. The van der Waals surface area contributed by atoms with Gasteiger partial charge in [-0.25, -0.2) is 0 Å². The number of aliphatic hydroxyl groups excluding tert-OH is 1. The molecule has 0 aromatic heterocycles. The van der Waals surface area contributed by atoms with E-state index in [9.17, 15) is 10.1 Å². The van der Waals surface area contributed by atoms with Gasteiger partial charge in [-0.2, -0.15) is 0 Å². The zero-order valence-corrected chi connectivity index (χ0v) is 8.97. The van der Waals surface area contributed by atoms with Crippen molar-refractivity contribution in [3.8, 4) is 5.75 Å². The zero-order valence-electron chi connectivity index (χ0n) is 8.97. The zero-order chi connectivity index (χ0) is 12.1. The fourth-order valence-corrected chi connectivity index (χ4v) is 1.46. The fourth-order valence-electron chi connectivity index (χ4n) is 1.46. The van der Waals surface area contributed by atoms with Crippen LogP contribution >= 0.6 is 0 Å². The van der Waals surface area contributed by atoms with Crippen molar-refractivity contribution in [1.82, 2.24) is 0 Å². The van der Waals surface area contributed by atoms with Gasteiger partial charge in [-0.05, 0) is 12.5 Å². The van der Waals surface area contributed by atoms with Crippen LogP contribution in [0.2, 0.25) is 0 Å². The third-order valence-electron chi connectivity index (χ3n) is 2.21. The second-order valence-corrected chi connectivity index (χ2v) is 3.20. The SMILES string of the molecule is C=CCc1cc([N+](=O)[O-])c(CO)cc1OC. The quantitative estimate of drug-likeness (QED) is 0.469. The highest BCUT2D eigenvalue weighted by Crippen LogP contribution is 2.29. The number of hydrogen-bond acceptors (Lipinski definition) is 4. The predicted octanol–water partition coefficient (Wildman–Crippen LogP) is 1.82. The number of aliphatic hydroxyl groups is 1. The van der Waals surface area contributed by atoms with Gasteiger partial charge in [0.2, 0.25) is 0 Å². The summed E-state index contributed by atoms with van der Waals surface area (Å²) in [5, 5.41) is 19.8. The number of rotatable bonds is 5. The maximum atomic E-state index is 10.8. The molecule has 0 unspecified atom stereocenters. The van der Waals surface area contributed by atoms with Gasteiger partial charge < -0.3 is 9.84 Å². The van der Waals surface area contributed by atoms with E-state index in [2.05, 4.69) is 6.58 Å². The molecule has 0 aliphatic rings. The molecule has 0 heterocycles. The molecule has 0 fully saturated rings. The summed E-state index contributed by atoms with van der Waals surface area (Å²) in [6, 6.07) is 2.89. The largest absolute Gasteiger partial charge is 0.496 e. The minimum Gasteiger partial charge on any atom is -0.496 e. The Labute approximate surface area is 93.1 Å². The van der Waals surface area contributed by atoms with Crippen LogP contribution in [0.15, 0.2) is 24.8 Å². The van der Waals surface area contributed by atoms with E-state index in [1.54, 1.807) is 6.08 Å². The van der Waals surface area contributed by atoms with Crippen molar-refractivity contribution in [1.29, 1.82) is 0 Å². The monoisotopic (exact) mass is 223 g/mol. The van der Waals surface area contributed by atoms with Gasteiger partial charge in [-0.1, -0.05) is 6.08 Å². The van der Waals surface area contributed by atoms with Gasteiger partial charge in [0.1, 0.15) is 5.75 Å². The Hall–Kier alpha value is -1.88. The lowest BCUT2D eigenvalue weighted by atomic mass is 10.1. The second kappa shape index (κ2) is 5.27. The normalized spacial score (nSPS) is 9.88. The first-order chi connectivity index (χ1) is 7.63. The highest BCUT2D eigenvalue weighted by atomic mass is 16.6. The Morgan fingerprint density at radius 2 is 2.25 bits per heavy atom. The number of nitrogens with zero attached hydrogens (tertiary/aromatic N) is 1. The standard InChI is InChI=1S/C11H13NO4/c1-3-4-8-5-10(12(14)15)9(7-13)6-11(8)16-2/h3,5-6,13H,1,4,7H2,2H3. The van der Waals surface area contributed by atoms with Crippen molar-refractivity contribution in [2.45, 2.75) is 13.0 Å². The number of nitro benzene ring substituents is 1. The summed E-state index contributed by atoms with van der Waals surface area (Å²) in [5.74, 6) is 0.523. The first-order valence-corrected chi connectivity index (χ1v) is 4.70. The molecule has 0 aliphatic heterocycles. The molecule has 0 saturated carbocycles. The molecule has 0 radical (unpaired) electrons. The van der Waals surface area contributed by atoms with Gasteiger partial charge in [0, 0.05) is 11.6 Å². The minimum atomic E-state index is -0.516. The molecule has 1 rings (SSSR count). The van der Waals surface area contributed by atoms with Crippen LogP contribution in [0.25, 0.3) is 0 Å². The van der Waals surface area contributed by atoms with E-state index in [4.69, 9.17) is 9.84 Å². The van der Waals surface area contributed by atoms with E-state index in [1.165, 1.54) is 19.2 Å². The van der Waals surface area contributed by atoms with Crippen LogP contribution in [0.3, 0.4) is 0 Å². The van der Waals surface area contributed by atoms with Crippen molar-refractivity contribution in [3.05, 3.63) is 46.0 Å². The molecule has 1 N–H and O–H groups in total. The Kier molecular flexibility index (Phi) is 4.02. The summed E-state index contributed by atoms with van der Waals surface area (Å²) in [6.07, 6.45) is 2.12.